The molecule has 12 heteroatoms. The van der Waals surface area contributed by atoms with E-state index < -0.39 is 52.9 Å². The third kappa shape index (κ3) is 5.46. The van der Waals surface area contributed by atoms with E-state index in [1.807, 2.05) is 6.92 Å². The molecule has 5 rings (SSSR count). The molecule has 0 radical (unpaired) electrons. The van der Waals surface area contributed by atoms with Crippen molar-refractivity contribution in [1.29, 1.82) is 0 Å². The minimum atomic E-state index is -4.82. The molecule has 3 atom stereocenters. The predicted octanol–water partition coefficient (Wildman–Crippen LogP) is 5.62. The topological polar surface area (TPSA) is 79.5 Å². The second-order valence-electron chi connectivity index (χ2n) is 11.1. The zero-order chi connectivity index (χ0) is 28.3. The molecule has 3 N–H and O–H groups in total. The molecule has 39 heavy (non-hydrogen) atoms. The van der Waals surface area contributed by atoms with Crippen molar-refractivity contribution in [2.75, 3.05) is 6.61 Å². The molecular formula is C27H29F6N3O3. The maximum atomic E-state index is 14.8. The molecule has 1 aliphatic carbocycles. The summed E-state index contributed by atoms with van der Waals surface area (Å²) in [7, 11) is 0. The van der Waals surface area contributed by atoms with E-state index in [4.69, 9.17) is 4.74 Å². The second-order valence-corrected chi connectivity index (χ2v) is 11.1. The van der Waals surface area contributed by atoms with Gasteiger partial charge in [-0.25, -0.2) is 8.78 Å². The quantitative estimate of drug-likeness (QED) is 0.343. The Bertz CT molecular complexity index is 1350. The van der Waals surface area contributed by atoms with Crippen molar-refractivity contribution in [2.45, 2.75) is 81.5 Å². The van der Waals surface area contributed by atoms with Gasteiger partial charge in [0.2, 0.25) is 5.95 Å². The van der Waals surface area contributed by atoms with Crippen LogP contribution in [-0.4, -0.2) is 44.3 Å². The number of aliphatic hydroxyl groups is 2. The number of rotatable bonds is 6. The molecule has 2 aromatic carbocycles. The molecule has 2 aliphatic rings. The summed E-state index contributed by atoms with van der Waals surface area (Å²) in [5.41, 5.74) is -3.62. The summed E-state index contributed by atoms with van der Waals surface area (Å²) < 4.78 is 89.6. The molecule has 212 valence electrons. The van der Waals surface area contributed by atoms with Gasteiger partial charge in [0.05, 0.1) is 33.7 Å². The van der Waals surface area contributed by atoms with Crippen LogP contribution < -0.4 is 10.1 Å². The van der Waals surface area contributed by atoms with Gasteiger partial charge in [-0.1, -0.05) is 24.3 Å². The van der Waals surface area contributed by atoms with Gasteiger partial charge in [0.25, 0.3) is 6.43 Å². The van der Waals surface area contributed by atoms with Gasteiger partial charge in [-0.05, 0) is 57.2 Å². The van der Waals surface area contributed by atoms with E-state index in [2.05, 4.69) is 10.4 Å². The first kappa shape index (κ1) is 27.7. The van der Waals surface area contributed by atoms with E-state index >= 15 is 0 Å². The SMILES string of the molecule is CC1CC(O)(c2ccc(C(F)F)cc2)CC(COc2cc(C(F)(F)F)c3c(c2)c(F)nn3C2CC(C)(O)C2)N1. The van der Waals surface area contributed by atoms with Gasteiger partial charge in [0.15, 0.2) is 0 Å². The lowest BCUT2D eigenvalue weighted by atomic mass is 9.77. The Hall–Kier alpha value is -2.83. The van der Waals surface area contributed by atoms with Crippen molar-refractivity contribution < 1.29 is 41.3 Å². The Labute approximate surface area is 220 Å². The van der Waals surface area contributed by atoms with Crippen molar-refractivity contribution in [3.8, 4) is 5.75 Å². The van der Waals surface area contributed by atoms with Crippen LogP contribution in [0.5, 0.6) is 5.75 Å². The minimum absolute atomic E-state index is 0.119. The first-order chi connectivity index (χ1) is 18.1. The normalized spacial score (nSPS) is 29.6. The van der Waals surface area contributed by atoms with E-state index in [-0.39, 0.29) is 48.6 Å². The lowest BCUT2D eigenvalue weighted by molar-refractivity contribution is -0.136. The van der Waals surface area contributed by atoms with Gasteiger partial charge in [-0.2, -0.15) is 17.6 Å². The van der Waals surface area contributed by atoms with Crippen molar-refractivity contribution in [1.82, 2.24) is 15.1 Å². The lowest BCUT2D eigenvalue weighted by Gasteiger charge is -2.41. The van der Waals surface area contributed by atoms with Crippen molar-refractivity contribution in [3.63, 3.8) is 0 Å². The molecule has 1 saturated heterocycles. The van der Waals surface area contributed by atoms with Crippen LogP contribution in [0.4, 0.5) is 26.3 Å². The molecule has 2 fully saturated rings. The van der Waals surface area contributed by atoms with Gasteiger partial charge >= 0.3 is 6.18 Å². The maximum absolute atomic E-state index is 14.8. The van der Waals surface area contributed by atoms with Gasteiger partial charge in [-0.15, -0.1) is 5.10 Å². The van der Waals surface area contributed by atoms with E-state index in [0.717, 1.165) is 10.7 Å². The fourth-order valence-electron chi connectivity index (χ4n) is 5.90. The van der Waals surface area contributed by atoms with Crippen molar-refractivity contribution >= 4 is 10.9 Å². The Balaban J connectivity index is 1.38. The highest BCUT2D eigenvalue weighted by atomic mass is 19.4. The Morgan fingerprint density at radius 3 is 2.36 bits per heavy atom. The summed E-state index contributed by atoms with van der Waals surface area (Å²) in [5.74, 6) is -1.28. The van der Waals surface area contributed by atoms with E-state index in [1.165, 1.54) is 30.3 Å². The van der Waals surface area contributed by atoms with E-state index in [1.54, 1.807) is 6.92 Å². The first-order valence-electron chi connectivity index (χ1n) is 12.7. The summed E-state index contributed by atoms with van der Waals surface area (Å²) in [6.07, 6.45) is -6.75. The van der Waals surface area contributed by atoms with Gasteiger partial charge in [0, 0.05) is 17.6 Å². The number of alkyl halides is 5. The first-order valence-corrected chi connectivity index (χ1v) is 12.7. The molecular weight excluding hydrogens is 528 g/mol. The van der Waals surface area contributed by atoms with Crippen LogP contribution in [0.15, 0.2) is 36.4 Å². The molecule has 1 aromatic heterocycles. The highest BCUT2D eigenvalue weighted by Crippen LogP contribution is 2.45. The molecule has 1 saturated carbocycles. The van der Waals surface area contributed by atoms with E-state index in [0.29, 0.717) is 12.0 Å². The van der Waals surface area contributed by atoms with Gasteiger partial charge in [0.1, 0.15) is 12.4 Å². The standard InChI is InChI=1S/C27H29F6N3O3/c1-14-9-26(38,16-5-3-15(4-6-16)23(28)29)10-17(34-14)13-39-19-7-20-22(21(8-19)27(31,32)33)36(35-24(20)30)18-11-25(2,37)12-18/h3-8,14,17-18,23,34,37-38H,9-13H2,1-2H3. The highest BCUT2D eigenvalue weighted by Gasteiger charge is 2.44. The van der Waals surface area contributed by atoms with Crippen molar-refractivity contribution in [3.05, 3.63) is 59.0 Å². The number of nitrogens with zero attached hydrogens (tertiary/aromatic N) is 2. The molecule has 2 heterocycles. The molecule has 1 aliphatic heterocycles. The summed E-state index contributed by atoms with van der Waals surface area (Å²) in [6, 6.07) is 6.10. The Kier molecular flexibility index (Phi) is 6.87. The molecule has 6 nitrogen and oxygen atoms in total. The summed E-state index contributed by atoms with van der Waals surface area (Å²) >= 11 is 0. The number of nitrogens with one attached hydrogen (secondary N) is 1. The monoisotopic (exact) mass is 557 g/mol. The summed E-state index contributed by atoms with van der Waals surface area (Å²) in [5, 5.41) is 28.0. The lowest BCUT2D eigenvalue weighted by Crippen LogP contribution is -2.53. The second kappa shape index (κ2) is 9.67. The van der Waals surface area contributed by atoms with Crippen molar-refractivity contribution in [2.24, 2.45) is 0 Å². The van der Waals surface area contributed by atoms with Crippen LogP contribution in [0.25, 0.3) is 10.9 Å². The third-order valence-corrected chi connectivity index (χ3v) is 7.63. The van der Waals surface area contributed by atoms with Crippen LogP contribution in [-0.2, 0) is 11.8 Å². The molecule has 3 unspecified atom stereocenters. The number of benzene rings is 2. The smallest absolute Gasteiger partial charge is 0.418 e. The molecule has 0 spiro atoms. The molecule has 3 aromatic rings. The Morgan fingerprint density at radius 2 is 1.77 bits per heavy atom. The number of piperidine rings is 1. The van der Waals surface area contributed by atoms with Crippen LogP contribution in [0.3, 0.4) is 0 Å². The number of hydrogen-bond acceptors (Lipinski definition) is 5. The fourth-order valence-corrected chi connectivity index (χ4v) is 5.90. The predicted molar refractivity (Wildman–Crippen MR) is 130 cm³/mol. The number of aromatic nitrogens is 2. The molecule has 0 bridgehead atoms. The average molecular weight is 558 g/mol. The average Bonchev–Trinajstić information content (AvgIpc) is 3.15. The zero-order valence-electron chi connectivity index (χ0n) is 21.3. The number of ether oxygens (including phenoxy) is 1. The summed E-state index contributed by atoms with van der Waals surface area (Å²) in [6.45, 7) is 3.24. The van der Waals surface area contributed by atoms with Gasteiger partial charge in [-0.3, -0.25) is 4.68 Å². The van der Waals surface area contributed by atoms with Crippen LogP contribution >= 0.6 is 0 Å². The van der Waals surface area contributed by atoms with E-state index in [9.17, 15) is 36.6 Å². The largest absolute Gasteiger partial charge is 0.492 e. The Morgan fingerprint density at radius 1 is 1.10 bits per heavy atom. The fraction of sp³-hybridized carbons (Fsp3) is 0.519. The number of hydrogen-bond donors (Lipinski definition) is 3. The molecule has 0 amide bonds. The van der Waals surface area contributed by atoms with Crippen LogP contribution in [0.1, 0.15) is 68.7 Å². The number of halogens is 6. The minimum Gasteiger partial charge on any atom is -0.492 e. The maximum Gasteiger partial charge on any atom is 0.418 e. The summed E-state index contributed by atoms with van der Waals surface area (Å²) in [4.78, 5) is 0. The highest BCUT2D eigenvalue weighted by molar-refractivity contribution is 5.85. The number of fused-ring (bicyclic) bond motifs is 1. The van der Waals surface area contributed by atoms with Gasteiger partial charge < -0.3 is 20.3 Å². The third-order valence-electron chi connectivity index (χ3n) is 7.63. The van der Waals surface area contributed by atoms with Crippen LogP contribution in [0, 0.1) is 5.95 Å². The zero-order valence-corrected chi connectivity index (χ0v) is 21.3. The van der Waals surface area contributed by atoms with Crippen LogP contribution in [0.2, 0.25) is 0 Å².